The van der Waals surface area contributed by atoms with Crippen LogP contribution in [0.25, 0.3) is 0 Å². The summed E-state index contributed by atoms with van der Waals surface area (Å²) in [5.41, 5.74) is 3.08. The fourth-order valence-electron chi connectivity index (χ4n) is 4.32. The normalized spacial score (nSPS) is 12.2. The quantitative estimate of drug-likeness (QED) is 0.295. The summed E-state index contributed by atoms with van der Waals surface area (Å²) in [6.07, 6.45) is 0.368. The van der Waals surface area contributed by atoms with E-state index in [-0.39, 0.29) is 23.3 Å². The molecular formula is C31H38ClN3O4S. The number of anilines is 1. The Kier molecular flexibility index (Phi) is 10.8. The van der Waals surface area contributed by atoms with E-state index in [9.17, 15) is 18.0 Å². The lowest BCUT2D eigenvalue weighted by molar-refractivity contribution is -0.140. The second-order valence-corrected chi connectivity index (χ2v) is 12.7. The number of carbonyl (C=O) groups is 2. The Hall–Kier alpha value is -3.36. The molecule has 0 aromatic heterocycles. The number of aryl methyl sites for hydroxylation is 2. The van der Waals surface area contributed by atoms with E-state index in [1.807, 2.05) is 58.9 Å². The van der Waals surface area contributed by atoms with Crippen molar-refractivity contribution >= 4 is 39.1 Å². The molecule has 0 heterocycles. The van der Waals surface area contributed by atoms with Gasteiger partial charge in [-0.1, -0.05) is 79.9 Å². The van der Waals surface area contributed by atoms with Crippen molar-refractivity contribution in [2.24, 2.45) is 5.92 Å². The highest BCUT2D eigenvalue weighted by Crippen LogP contribution is 2.26. The van der Waals surface area contributed by atoms with Crippen molar-refractivity contribution in [3.8, 4) is 0 Å². The number of rotatable bonds is 12. The molecule has 1 N–H and O–H groups in total. The fourth-order valence-corrected chi connectivity index (χ4v) is 5.86. The Labute approximate surface area is 243 Å². The number of hydrogen-bond donors (Lipinski definition) is 1. The molecule has 0 saturated carbocycles. The van der Waals surface area contributed by atoms with E-state index in [4.69, 9.17) is 11.6 Å². The molecule has 1 atom stereocenters. The lowest BCUT2D eigenvalue weighted by Gasteiger charge is -2.33. The molecule has 3 aromatic carbocycles. The van der Waals surface area contributed by atoms with Crippen LogP contribution in [0, 0.1) is 19.8 Å². The molecule has 7 nitrogen and oxygen atoms in total. The molecule has 0 aliphatic rings. The minimum absolute atomic E-state index is 0.0628. The zero-order valence-electron chi connectivity index (χ0n) is 23.7. The molecule has 9 heteroatoms. The lowest BCUT2D eigenvalue weighted by Crippen LogP contribution is -2.52. The van der Waals surface area contributed by atoms with Crippen LogP contribution in [0.3, 0.4) is 0 Å². The molecule has 214 valence electrons. The number of benzene rings is 3. The first-order valence-corrected chi connectivity index (χ1v) is 15.2. The molecular weight excluding hydrogens is 546 g/mol. The highest BCUT2D eigenvalue weighted by Gasteiger charge is 2.33. The van der Waals surface area contributed by atoms with Gasteiger partial charge in [-0.2, -0.15) is 0 Å². The van der Waals surface area contributed by atoms with E-state index in [2.05, 4.69) is 5.32 Å². The standard InChI is InChI=1S/C31H38ClN3O4S/c1-6-29(31(37)33-19-22(2)3)34(20-25-9-7-8-24(5)18-25)30(36)21-35(27-14-12-26(32)13-15-27)40(38,39)28-16-10-23(4)11-17-28/h7-18,22,29H,6,19-21H2,1-5H3,(H,33,37). The maximum atomic E-state index is 14.1. The molecule has 3 aromatic rings. The monoisotopic (exact) mass is 583 g/mol. The lowest BCUT2D eigenvalue weighted by atomic mass is 10.1. The first kappa shape index (κ1) is 31.2. The van der Waals surface area contributed by atoms with Crippen molar-refractivity contribution in [3.63, 3.8) is 0 Å². The van der Waals surface area contributed by atoms with Gasteiger partial charge in [0.25, 0.3) is 10.0 Å². The predicted octanol–water partition coefficient (Wildman–Crippen LogP) is 5.73. The van der Waals surface area contributed by atoms with E-state index < -0.39 is 28.5 Å². The topological polar surface area (TPSA) is 86.8 Å². The Morgan fingerprint density at radius 1 is 0.925 bits per heavy atom. The van der Waals surface area contributed by atoms with Gasteiger partial charge >= 0.3 is 0 Å². The van der Waals surface area contributed by atoms with Crippen molar-refractivity contribution in [1.29, 1.82) is 0 Å². The van der Waals surface area contributed by atoms with Crippen LogP contribution in [0.1, 0.15) is 43.9 Å². The Morgan fingerprint density at radius 3 is 2.15 bits per heavy atom. The van der Waals surface area contributed by atoms with Gasteiger partial charge in [-0.15, -0.1) is 0 Å². The number of nitrogens with zero attached hydrogens (tertiary/aromatic N) is 2. The van der Waals surface area contributed by atoms with E-state index in [0.717, 1.165) is 21.0 Å². The fraction of sp³-hybridized carbons (Fsp3) is 0.355. The molecule has 0 saturated heterocycles. The smallest absolute Gasteiger partial charge is 0.264 e. The summed E-state index contributed by atoms with van der Waals surface area (Å²) >= 11 is 6.08. The van der Waals surface area contributed by atoms with Gasteiger partial charge < -0.3 is 10.2 Å². The molecule has 0 aliphatic carbocycles. The number of carbonyl (C=O) groups excluding carboxylic acids is 2. The van der Waals surface area contributed by atoms with Crippen LogP contribution in [0.5, 0.6) is 0 Å². The molecule has 0 spiro atoms. The van der Waals surface area contributed by atoms with Crippen molar-refractivity contribution in [2.45, 2.75) is 58.5 Å². The van der Waals surface area contributed by atoms with Crippen molar-refractivity contribution < 1.29 is 18.0 Å². The molecule has 0 radical (unpaired) electrons. The summed E-state index contributed by atoms with van der Waals surface area (Å²) in [6.45, 7) is 9.81. The van der Waals surface area contributed by atoms with Gasteiger partial charge in [0, 0.05) is 18.1 Å². The van der Waals surface area contributed by atoms with Crippen molar-refractivity contribution in [3.05, 3.63) is 94.5 Å². The number of nitrogens with one attached hydrogen (secondary N) is 1. The zero-order valence-corrected chi connectivity index (χ0v) is 25.3. The van der Waals surface area contributed by atoms with Gasteiger partial charge in [0.1, 0.15) is 12.6 Å². The minimum Gasteiger partial charge on any atom is -0.354 e. The van der Waals surface area contributed by atoms with Crippen molar-refractivity contribution in [2.75, 3.05) is 17.4 Å². The number of hydrogen-bond acceptors (Lipinski definition) is 4. The first-order valence-electron chi connectivity index (χ1n) is 13.4. The van der Waals surface area contributed by atoms with Gasteiger partial charge in [0.05, 0.1) is 10.6 Å². The molecule has 1 unspecified atom stereocenters. The SMILES string of the molecule is CCC(C(=O)NCC(C)C)N(Cc1cccc(C)c1)C(=O)CN(c1ccc(Cl)cc1)S(=O)(=O)c1ccc(C)cc1. The largest absolute Gasteiger partial charge is 0.354 e. The maximum Gasteiger partial charge on any atom is 0.264 e. The Bertz CT molecular complexity index is 1410. The molecule has 40 heavy (non-hydrogen) atoms. The molecule has 0 fully saturated rings. The Morgan fingerprint density at radius 2 is 1.57 bits per heavy atom. The van der Waals surface area contributed by atoms with Gasteiger partial charge in [-0.3, -0.25) is 13.9 Å². The van der Waals surface area contributed by atoms with E-state index in [1.54, 1.807) is 36.4 Å². The average molecular weight is 584 g/mol. The second kappa shape index (κ2) is 13.8. The van der Waals surface area contributed by atoms with E-state index in [0.29, 0.717) is 23.7 Å². The predicted molar refractivity (Wildman–Crippen MR) is 161 cm³/mol. The second-order valence-electron chi connectivity index (χ2n) is 10.4. The number of amides is 2. The zero-order chi connectivity index (χ0) is 29.4. The van der Waals surface area contributed by atoms with Crippen LogP contribution in [0.15, 0.2) is 77.7 Å². The number of sulfonamides is 1. The van der Waals surface area contributed by atoms with E-state index >= 15 is 0 Å². The Balaban J connectivity index is 2.04. The highest BCUT2D eigenvalue weighted by molar-refractivity contribution is 7.92. The third-order valence-corrected chi connectivity index (χ3v) is 8.55. The van der Waals surface area contributed by atoms with E-state index in [1.165, 1.54) is 17.0 Å². The third-order valence-electron chi connectivity index (χ3n) is 6.51. The molecule has 3 rings (SSSR count). The van der Waals surface area contributed by atoms with Crippen LogP contribution in [-0.4, -0.2) is 44.3 Å². The summed E-state index contributed by atoms with van der Waals surface area (Å²) in [7, 11) is -4.12. The van der Waals surface area contributed by atoms with Crippen LogP contribution >= 0.6 is 11.6 Å². The summed E-state index contributed by atoms with van der Waals surface area (Å²) in [6, 6.07) is 19.7. The highest BCUT2D eigenvalue weighted by atomic mass is 35.5. The summed E-state index contributed by atoms with van der Waals surface area (Å²) in [5, 5.41) is 3.38. The summed E-state index contributed by atoms with van der Waals surface area (Å²) in [5.74, 6) is -0.516. The van der Waals surface area contributed by atoms with Crippen molar-refractivity contribution in [1.82, 2.24) is 10.2 Å². The molecule has 0 bridgehead atoms. The first-order chi connectivity index (χ1) is 18.9. The third kappa shape index (κ3) is 8.08. The average Bonchev–Trinajstić information content (AvgIpc) is 2.91. The minimum atomic E-state index is -4.12. The molecule has 2 amide bonds. The summed E-state index contributed by atoms with van der Waals surface area (Å²) in [4.78, 5) is 28.9. The maximum absolute atomic E-state index is 14.1. The van der Waals surface area contributed by atoms with Crippen LogP contribution in [-0.2, 0) is 26.2 Å². The van der Waals surface area contributed by atoms with Crippen LogP contribution < -0.4 is 9.62 Å². The van der Waals surface area contributed by atoms with Gasteiger partial charge in [0.2, 0.25) is 11.8 Å². The van der Waals surface area contributed by atoms with Crippen LogP contribution in [0.4, 0.5) is 5.69 Å². The van der Waals surface area contributed by atoms with Crippen LogP contribution in [0.2, 0.25) is 5.02 Å². The summed E-state index contributed by atoms with van der Waals surface area (Å²) < 4.78 is 28.8. The number of halogens is 1. The van der Waals surface area contributed by atoms with Gasteiger partial charge in [0.15, 0.2) is 0 Å². The van der Waals surface area contributed by atoms with Gasteiger partial charge in [-0.05, 0) is 68.1 Å². The molecule has 0 aliphatic heterocycles. The van der Waals surface area contributed by atoms with Gasteiger partial charge in [-0.25, -0.2) is 8.42 Å².